The first kappa shape index (κ1) is 11.9. The summed E-state index contributed by atoms with van der Waals surface area (Å²) in [6, 6.07) is 0.431. The third kappa shape index (κ3) is 3.19. The zero-order valence-electron chi connectivity index (χ0n) is 10.1. The summed E-state index contributed by atoms with van der Waals surface area (Å²) in [5.74, 6) is 0.295. The van der Waals surface area contributed by atoms with Gasteiger partial charge in [-0.25, -0.2) is 0 Å². The Balaban J connectivity index is 1.70. The normalized spacial score (nSPS) is 30.7. The first-order valence-corrected chi connectivity index (χ1v) is 6.38. The number of nitrogens with one attached hydrogen (secondary N) is 1. The van der Waals surface area contributed by atoms with Crippen LogP contribution in [0.5, 0.6) is 0 Å². The molecule has 2 atom stereocenters. The summed E-state index contributed by atoms with van der Waals surface area (Å²) < 4.78 is 5.53. The van der Waals surface area contributed by atoms with Crippen molar-refractivity contribution in [2.75, 3.05) is 26.2 Å². The fraction of sp³-hybridized carbons (Fsp3) is 0.917. The average molecular weight is 226 g/mol. The Kier molecular flexibility index (Phi) is 4.18. The molecule has 0 bridgehead atoms. The van der Waals surface area contributed by atoms with Gasteiger partial charge in [0.05, 0.1) is 6.10 Å². The van der Waals surface area contributed by atoms with Crippen molar-refractivity contribution in [2.45, 2.75) is 44.8 Å². The van der Waals surface area contributed by atoms with Gasteiger partial charge in [0.2, 0.25) is 5.91 Å². The SMILES string of the molecule is CC1CN(C(=O)CCC2CCCO2)CCN1. The Labute approximate surface area is 97.3 Å². The summed E-state index contributed by atoms with van der Waals surface area (Å²) in [6.07, 6.45) is 4.17. The van der Waals surface area contributed by atoms with Crippen LogP contribution >= 0.6 is 0 Å². The molecule has 2 aliphatic rings. The lowest BCUT2D eigenvalue weighted by molar-refractivity contribution is -0.132. The van der Waals surface area contributed by atoms with Crippen LogP contribution < -0.4 is 5.32 Å². The van der Waals surface area contributed by atoms with E-state index in [1.807, 2.05) is 4.90 Å². The number of rotatable bonds is 3. The Hall–Kier alpha value is -0.610. The van der Waals surface area contributed by atoms with Gasteiger partial charge in [0.1, 0.15) is 0 Å². The Morgan fingerprint density at radius 3 is 3.12 bits per heavy atom. The minimum atomic E-state index is 0.295. The van der Waals surface area contributed by atoms with E-state index in [1.165, 1.54) is 0 Å². The van der Waals surface area contributed by atoms with Crippen molar-refractivity contribution < 1.29 is 9.53 Å². The summed E-state index contributed by atoms with van der Waals surface area (Å²) in [7, 11) is 0. The summed E-state index contributed by atoms with van der Waals surface area (Å²) >= 11 is 0. The number of carbonyl (C=O) groups excluding carboxylic acids is 1. The fourth-order valence-corrected chi connectivity index (χ4v) is 2.47. The highest BCUT2D eigenvalue weighted by molar-refractivity contribution is 5.76. The molecule has 0 aliphatic carbocycles. The molecule has 0 saturated carbocycles. The third-order valence-electron chi connectivity index (χ3n) is 3.43. The maximum absolute atomic E-state index is 11.9. The van der Waals surface area contributed by atoms with Crippen LogP contribution in [0.25, 0.3) is 0 Å². The quantitative estimate of drug-likeness (QED) is 0.772. The highest BCUT2D eigenvalue weighted by atomic mass is 16.5. The number of hydrogen-bond donors (Lipinski definition) is 1. The van der Waals surface area contributed by atoms with Crippen LogP contribution in [0.15, 0.2) is 0 Å². The molecule has 0 radical (unpaired) electrons. The monoisotopic (exact) mass is 226 g/mol. The molecule has 2 heterocycles. The Morgan fingerprint density at radius 2 is 2.44 bits per heavy atom. The highest BCUT2D eigenvalue weighted by Gasteiger charge is 2.22. The van der Waals surface area contributed by atoms with Crippen molar-refractivity contribution in [1.82, 2.24) is 10.2 Å². The molecule has 2 saturated heterocycles. The van der Waals surface area contributed by atoms with Gasteiger partial charge >= 0.3 is 0 Å². The predicted molar refractivity (Wildman–Crippen MR) is 62.3 cm³/mol. The highest BCUT2D eigenvalue weighted by Crippen LogP contribution is 2.17. The van der Waals surface area contributed by atoms with E-state index in [9.17, 15) is 4.79 Å². The molecule has 16 heavy (non-hydrogen) atoms. The van der Waals surface area contributed by atoms with Crippen molar-refractivity contribution in [3.63, 3.8) is 0 Å². The van der Waals surface area contributed by atoms with Gasteiger partial charge in [-0.1, -0.05) is 0 Å². The first-order valence-electron chi connectivity index (χ1n) is 6.38. The average Bonchev–Trinajstić information content (AvgIpc) is 2.78. The lowest BCUT2D eigenvalue weighted by Crippen LogP contribution is -2.51. The zero-order chi connectivity index (χ0) is 11.4. The number of amides is 1. The molecule has 2 fully saturated rings. The molecule has 92 valence electrons. The smallest absolute Gasteiger partial charge is 0.222 e. The van der Waals surface area contributed by atoms with Gasteiger partial charge in [-0.2, -0.15) is 0 Å². The second-order valence-corrected chi connectivity index (χ2v) is 4.87. The predicted octanol–water partition coefficient (Wildman–Crippen LogP) is 0.766. The second-order valence-electron chi connectivity index (χ2n) is 4.87. The summed E-state index contributed by atoms with van der Waals surface area (Å²) in [6.45, 7) is 5.63. The van der Waals surface area contributed by atoms with E-state index in [0.29, 0.717) is 24.5 Å². The van der Waals surface area contributed by atoms with Crippen LogP contribution in [0.1, 0.15) is 32.6 Å². The van der Waals surface area contributed by atoms with Gasteiger partial charge in [0.15, 0.2) is 0 Å². The molecule has 2 aliphatic heterocycles. The van der Waals surface area contributed by atoms with Crippen molar-refractivity contribution in [1.29, 1.82) is 0 Å². The summed E-state index contributed by atoms with van der Waals surface area (Å²) in [5, 5.41) is 3.35. The largest absolute Gasteiger partial charge is 0.378 e. The number of carbonyl (C=O) groups is 1. The lowest BCUT2D eigenvalue weighted by atomic mass is 10.1. The van der Waals surface area contributed by atoms with E-state index in [4.69, 9.17) is 4.74 Å². The van der Waals surface area contributed by atoms with E-state index in [-0.39, 0.29) is 0 Å². The topological polar surface area (TPSA) is 41.6 Å². The molecular weight excluding hydrogens is 204 g/mol. The molecule has 2 rings (SSSR count). The van der Waals surface area contributed by atoms with Gasteiger partial charge in [-0.05, 0) is 26.2 Å². The van der Waals surface area contributed by atoms with Gasteiger partial charge in [0, 0.05) is 38.7 Å². The van der Waals surface area contributed by atoms with E-state index >= 15 is 0 Å². The fourth-order valence-electron chi connectivity index (χ4n) is 2.47. The maximum Gasteiger partial charge on any atom is 0.222 e. The molecule has 4 nitrogen and oxygen atoms in total. The van der Waals surface area contributed by atoms with Crippen molar-refractivity contribution in [2.24, 2.45) is 0 Å². The van der Waals surface area contributed by atoms with E-state index in [2.05, 4.69) is 12.2 Å². The minimum Gasteiger partial charge on any atom is -0.378 e. The number of piperazine rings is 1. The van der Waals surface area contributed by atoms with E-state index in [0.717, 1.165) is 45.5 Å². The van der Waals surface area contributed by atoms with E-state index in [1.54, 1.807) is 0 Å². The van der Waals surface area contributed by atoms with Crippen LogP contribution in [0, 0.1) is 0 Å². The molecule has 1 N–H and O–H groups in total. The Bertz CT molecular complexity index is 239. The molecule has 1 amide bonds. The Morgan fingerprint density at radius 1 is 1.56 bits per heavy atom. The molecule has 0 aromatic rings. The standard InChI is InChI=1S/C12H22N2O2/c1-10-9-14(7-6-13-10)12(15)5-4-11-3-2-8-16-11/h10-11,13H,2-9H2,1H3. The maximum atomic E-state index is 11.9. The molecular formula is C12H22N2O2. The van der Waals surface area contributed by atoms with E-state index < -0.39 is 0 Å². The lowest BCUT2D eigenvalue weighted by Gasteiger charge is -2.32. The molecule has 2 unspecified atom stereocenters. The van der Waals surface area contributed by atoms with Crippen molar-refractivity contribution in [3.8, 4) is 0 Å². The van der Waals surface area contributed by atoms with Crippen LogP contribution in [0.2, 0.25) is 0 Å². The number of hydrogen-bond acceptors (Lipinski definition) is 3. The van der Waals surface area contributed by atoms with Crippen LogP contribution in [0.3, 0.4) is 0 Å². The van der Waals surface area contributed by atoms with Gasteiger partial charge in [0.25, 0.3) is 0 Å². The van der Waals surface area contributed by atoms with Gasteiger partial charge < -0.3 is 15.0 Å². The molecule has 0 aromatic heterocycles. The minimum absolute atomic E-state index is 0.295. The van der Waals surface area contributed by atoms with Crippen molar-refractivity contribution >= 4 is 5.91 Å². The van der Waals surface area contributed by atoms with Crippen LogP contribution in [-0.2, 0) is 9.53 Å². The third-order valence-corrected chi connectivity index (χ3v) is 3.43. The van der Waals surface area contributed by atoms with Crippen LogP contribution in [-0.4, -0.2) is 49.2 Å². The number of ether oxygens (including phenoxy) is 1. The zero-order valence-corrected chi connectivity index (χ0v) is 10.1. The van der Waals surface area contributed by atoms with Gasteiger partial charge in [-0.15, -0.1) is 0 Å². The molecule has 4 heteroatoms. The summed E-state index contributed by atoms with van der Waals surface area (Å²) in [4.78, 5) is 13.9. The van der Waals surface area contributed by atoms with Crippen LogP contribution in [0.4, 0.5) is 0 Å². The second kappa shape index (κ2) is 5.64. The van der Waals surface area contributed by atoms with Gasteiger partial charge in [-0.3, -0.25) is 4.79 Å². The summed E-state index contributed by atoms with van der Waals surface area (Å²) in [5.41, 5.74) is 0. The number of nitrogens with zero attached hydrogens (tertiary/aromatic N) is 1. The molecule has 0 aromatic carbocycles. The molecule has 0 spiro atoms. The van der Waals surface area contributed by atoms with Crippen molar-refractivity contribution in [3.05, 3.63) is 0 Å². The first-order chi connectivity index (χ1) is 7.75.